The van der Waals surface area contributed by atoms with Crippen LogP contribution in [0.1, 0.15) is 5.76 Å². The molecule has 0 fully saturated rings. The van der Waals surface area contributed by atoms with E-state index in [-0.39, 0.29) is 16.2 Å². The second-order valence-electron chi connectivity index (χ2n) is 4.16. The van der Waals surface area contributed by atoms with Gasteiger partial charge in [0.1, 0.15) is 22.6 Å². The lowest BCUT2D eigenvalue weighted by Crippen LogP contribution is -2.09. The van der Waals surface area contributed by atoms with Crippen LogP contribution in [0.25, 0.3) is 17.4 Å². The highest BCUT2D eigenvalue weighted by molar-refractivity contribution is 7.80. The Morgan fingerprint density at radius 3 is 2.77 bits per heavy atom. The zero-order chi connectivity index (χ0) is 16.3. The van der Waals surface area contributed by atoms with Crippen LogP contribution in [0.4, 0.5) is 5.69 Å². The monoisotopic (exact) mass is 333 g/mol. The highest BCUT2D eigenvalue weighted by Gasteiger charge is 2.14. The number of nitro groups is 1. The zero-order valence-corrected chi connectivity index (χ0v) is 12.5. The summed E-state index contributed by atoms with van der Waals surface area (Å²) in [5, 5.41) is 20.0. The van der Waals surface area contributed by atoms with E-state index in [2.05, 4.69) is 0 Å². The number of thiocarbonyl (C=S) groups is 1. The summed E-state index contributed by atoms with van der Waals surface area (Å²) in [7, 11) is 0. The highest BCUT2D eigenvalue weighted by Crippen LogP contribution is 2.32. The summed E-state index contributed by atoms with van der Waals surface area (Å²) in [5.41, 5.74) is 5.77. The third-order valence-electron chi connectivity index (χ3n) is 2.73. The van der Waals surface area contributed by atoms with E-state index in [4.69, 9.17) is 39.2 Å². The summed E-state index contributed by atoms with van der Waals surface area (Å²) in [6.45, 7) is 0. The molecule has 1 aromatic carbocycles. The first-order valence-electron chi connectivity index (χ1n) is 5.88. The average molecular weight is 334 g/mol. The predicted octanol–water partition coefficient (Wildman–Crippen LogP) is 3.70. The van der Waals surface area contributed by atoms with Crippen molar-refractivity contribution in [1.82, 2.24) is 0 Å². The van der Waals surface area contributed by atoms with E-state index in [0.29, 0.717) is 22.1 Å². The molecule has 2 rings (SSSR count). The third kappa shape index (κ3) is 3.31. The van der Waals surface area contributed by atoms with Gasteiger partial charge in [-0.25, -0.2) is 0 Å². The van der Waals surface area contributed by atoms with Crippen molar-refractivity contribution in [1.29, 1.82) is 5.26 Å². The maximum absolute atomic E-state index is 10.8. The molecule has 0 bridgehead atoms. The topological polar surface area (TPSA) is 106 Å². The maximum atomic E-state index is 10.8. The van der Waals surface area contributed by atoms with Gasteiger partial charge < -0.3 is 10.2 Å². The summed E-state index contributed by atoms with van der Waals surface area (Å²) in [6.07, 6.45) is 1.39. The van der Waals surface area contributed by atoms with Crippen LogP contribution < -0.4 is 5.73 Å². The average Bonchev–Trinajstić information content (AvgIpc) is 2.93. The summed E-state index contributed by atoms with van der Waals surface area (Å²) in [5.74, 6) is 0.669. The van der Waals surface area contributed by atoms with Gasteiger partial charge in [-0.3, -0.25) is 10.1 Å². The molecule has 1 heterocycles. The summed E-state index contributed by atoms with van der Waals surface area (Å²) in [4.78, 5) is 10.2. The number of nitrogens with zero attached hydrogens (tertiary/aromatic N) is 2. The van der Waals surface area contributed by atoms with E-state index in [1.54, 1.807) is 12.1 Å². The Morgan fingerprint density at radius 1 is 1.45 bits per heavy atom. The second-order valence-corrected chi connectivity index (χ2v) is 5.00. The maximum Gasteiger partial charge on any atom is 0.270 e. The number of nitriles is 1. The third-order valence-corrected chi connectivity index (χ3v) is 3.28. The molecule has 2 N–H and O–H groups in total. The van der Waals surface area contributed by atoms with Crippen LogP contribution >= 0.6 is 23.8 Å². The van der Waals surface area contributed by atoms with Gasteiger partial charge in [0.15, 0.2) is 0 Å². The number of hydrogen-bond donors (Lipinski definition) is 1. The van der Waals surface area contributed by atoms with Gasteiger partial charge in [0.2, 0.25) is 0 Å². The van der Waals surface area contributed by atoms with Gasteiger partial charge in [0, 0.05) is 23.8 Å². The van der Waals surface area contributed by atoms with Gasteiger partial charge in [-0.15, -0.1) is 0 Å². The molecular formula is C14H8ClN3O3S. The van der Waals surface area contributed by atoms with Crippen LogP contribution in [-0.2, 0) is 0 Å². The molecule has 0 amide bonds. The van der Waals surface area contributed by atoms with Crippen molar-refractivity contribution in [2.75, 3.05) is 0 Å². The normalized spacial score (nSPS) is 11.0. The first-order valence-corrected chi connectivity index (χ1v) is 6.66. The number of non-ortho nitro benzene ring substituents is 1. The van der Waals surface area contributed by atoms with Crippen molar-refractivity contribution in [3.8, 4) is 17.4 Å². The molecule has 0 radical (unpaired) electrons. The van der Waals surface area contributed by atoms with E-state index < -0.39 is 4.92 Å². The van der Waals surface area contributed by atoms with Gasteiger partial charge in [-0.1, -0.05) is 23.8 Å². The van der Waals surface area contributed by atoms with E-state index in [1.165, 1.54) is 24.3 Å². The fraction of sp³-hybridized carbons (Fsp3) is 0. The Hall–Kier alpha value is -2.69. The molecule has 0 spiro atoms. The Kier molecular flexibility index (Phi) is 4.56. The van der Waals surface area contributed by atoms with Crippen molar-refractivity contribution in [2.45, 2.75) is 0 Å². The highest BCUT2D eigenvalue weighted by atomic mass is 35.5. The van der Waals surface area contributed by atoms with Crippen LogP contribution in [0.5, 0.6) is 0 Å². The fourth-order valence-electron chi connectivity index (χ4n) is 1.69. The molecule has 0 aliphatic rings. The molecule has 0 unspecified atom stereocenters. The van der Waals surface area contributed by atoms with E-state index in [0.717, 1.165) is 0 Å². The standard InChI is InChI=1S/C14H8ClN3O3S/c15-12-3-1-9(18(19)20)6-11(12)13-4-2-10(21-13)5-8(7-16)14(17)22/h1-6H,(H2,17,22)/b8-5+. The molecule has 0 aliphatic carbocycles. The molecule has 0 atom stereocenters. The van der Waals surface area contributed by atoms with Crippen molar-refractivity contribution in [2.24, 2.45) is 5.73 Å². The molecular weight excluding hydrogens is 326 g/mol. The van der Waals surface area contributed by atoms with Crippen molar-refractivity contribution < 1.29 is 9.34 Å². The number of benzene rings is 1. The van der Waals surface area contributed by atoms with E-state index in [9.17, 15) is 10.1 Å². The number of nitro benzene ring substituents is 1. The first-order chi connectivity index (χ1) is 10.4. The lowest BCUT2D eigenvalue weighted by atomic mass is 10.1. The SMILES string of the molecule is N#C/C(=C\c1ccc(-c2cc([N+](=O)[O-])ccc2Cl)o1)C(N)=S. The molecule has 110 valence electrons. The van der Waals surface area contributed by atoms with Crippen molar-refractivity contribution >= 4 is 40.6 Å². The number of hydrogen-bond acceptors (Lipinski definition) is 5. The van der Waals surface area contributed by atoms with E-state index >= 15 is 0 Å². The van der Waals surface area contributed by atoms with Crippen LogP contribution in [0.3, 0.4) is 0 Å². The minimum atomic E-state index is -0.524. The Balaban J connectivity index is 2.45. The van der Waals surface area contributed by atoms with E-state index in [1.807, 2.05) is 6.07 Å². The lowest BCUT2D eigenvalue weighted by Gasteiger charge is -2.00. The zero-order valence-electron chi connectivity index (χ0n) is 10.9. The number of rotatable bonds is 4. The van der Waals surface area contributed by atoms with Gasteiger partial charge in [0.05, 0.1) is 15.5 Å². The molecule has 0 saturated heterocycles. The Labute approximate surface area is 135 Å². The molecule has 22 heavy (non-hydrogen) atoms. The molecule has 1 aromatic heterocycles. The van der Waals surface area contributed by atoms with Gasteiger partial charge in [-0.05, 0) is 18.2 Å². The first kappa shape index (κ1) is 15.7. The Bertz CT molecular complexity index is 836. The number of halogens is 1. The lowest BCUT2D eigenvalue weighted by molar-refractivity contribution is -0.384. The summed E-state index contributed by atoms with van der Waals surface area (Å²) in [6, 6.07) is 9.06. The van der Waals surface area contributed by atoms with Crippen molar-refractivity contribution in [3.05, 3.63) is 56.8 Å². The van der Waals surface area contributed by atoms with Crippen LogP contribution in [0.2, 0.25) is 5.02 Å². The fourth-order valence-corrected chi connectivity index (χ4v) is 2.01. The largest absolute Gasteiger partial charge is 0.457 e. The molecule has 0 aliphatic heterocycles. The molecule has 8 heteroatoms. The Morgan fingerprint density at radius 2 is 2.18 bits per heavy atom. The molecule has 0 saturated carbocycles. The molecule has 6 nitrogen and oxygen atoms in total. The number of furan rings is 1. The van der Waals surface area contributed by atoms with Crippen LogP contribution in [0.15, 0.2) is 40.3 Å². The quantitative estimate of drug-likeness (QED) is 0.300. The minimum absolute atomic E-state index is 0.0474. The van der Waals surface area contributed by atoms with Crippen LogP contribution in [-0.4, -0.2) is 9.91 Å². The van der Waals surface area contributed by atoms with Gasteiger partial charge in [-0.2, -0.15) is 5.26 Å². The predicted molar refractivity (Wildman–Crippen MR) is 86.2 cm³/mol. The number of nitrogens with two attached hydrogens (primary N) is 1. The van der Waals surface area contributed by atoms with Gasteiger partial charge in [0.25, 0.3) is 5.69 Å². The summed E-state index contributed by atoms with van der Waals surface area (Å²) >= 11 is 10.8. The van der Waals surface area contributed by atoms with Crippen LogP contribution in [0, 0.1) is 21.4 Å². The smallest absolute Gasteiger partial charge is 0.270 e. The summed E-state index contributed by atoms with van der Waals surface area (Å²) < 4.78 is 5.52. The minimum Gasteiger partial charge on any atom is -0.457 e. The van der Waals surface area contributed by atoms with Gasteiger partial charge >= 0.3 is 0 Å². The van der Waals surface area contributed by atoms with Crippen molar-refractivity contribution in [3.63, 3.8) is 0 Å². The second kappa shape index (κ2) is 6.39. The molecule has 2 aromatic rings.